The fourth-order valence-corrected chi connectivity index (χ4v) is 2.07. The van der Waals surface area contributed by atoms with Gasteiger partial charge in [-0.1, -0.05) is 28.1 Å². The Kier molecular flexibility index (Phi) is 4.24. The molecule has 3 N–H and O–H groups in total. The fourth-order valence-electron chi connectivity index (χ4n) is 1.53. The summed E-state index contributed by atoms with van der Waals surface area (Å²) in [4.78, 5) is 16.2. The van der Waals surface area contributed by atoms with Crippen molar-refractivity contribution in [1.29, 1.82) is 0 Å². The smallest absolute Gasteiger partial charge is 0.255 e. The number of carbonyl (C=O) groups excluding carboxylic acids is 1. The van der Waals surface area contributed by atoms with Crippen molar-refractivity contribution in [3.05, 3.63) is 58.3 Å². The van der Waals surface area contributed by atoms with Crippen LogP contribution in [0.5, 0.6) is 0 Å². The molecule has 1 amide bonds. The molecule has 0 aliphatic carbocycles. The van der Waals surface area contributed by atoms with Crippen LogP contribution in [0.1, 0.15) is 15.9 Å². The Balaban J connectivity index is 2.31. The van der Waals surface area contributed by atoms with Crippen molar-refractivity contribution in [2.45, 2.75) is 0 Å². The van der Waals surface area contributed by atoms with Crippen molar-refractivity contribution < 1.29 is 4.79 Å². The van der Waals surface area contributed by atoms with E-state index in [1.54, 1.807) is 36.7 Å². The maximum atomic E-state index is 12.1. The molecular weight excluding hydrogens is 326 g/mol. The molecule has 0 atom stereocenters. The monoisotopic (exact) mass is 335 g/mol. The molecular formula is C13H10BrN3OS. The first kappa shape index (κ1) is 13.6. The maximum Gasteiger partial charge on any atom is 0.255 e. The average molecular weight is 336 g/mol. The highest BCUT2D eigenvalue weighted by Gasteiger charge is 2.10. The predicted molar refractivity (Wildman–Crippen MR) is 82.2 cm³/mol. The summed E-state index contributed by atoms with van der Waals surface area (Å²) in [6.45, 7) is 0. The zero-order valence-corrected chi connectivity index (χ0v) is 12.2. The molecule has 0 aliphatic heterocycles. The number of thiocarbonyl (C=S) groups is 1. The number of anilines is 1. The van der Waals surface area contributed by atoms with Crippen molar-refractivity contribution in [3.63, 3.8) is 0 Å². The van der Waals surface area contributed by atoms with E-state index in [-0.39, 0.29) is 10.9 Å². The van der Waals surface area contributed by atoms with E-state index < -0.39 is 0 Å². The van der Waals surface area contributed by atoms with E-state index in [4.69, 9.17) is 18.0 Å². The molecule has 0 unspecified atom stereocenters. The Labute approximate surface area is 124 Å². The van der Waals surface area contributed by atoms with Gasteiger partial charge in [-0.25, -0.2) is 0 Å². The Morgan fingerprint density at radius 1 is 1.26 bits per heavy atom. The number of nitrogens with zero attached hydrogens (tertiary/aromatic N) is 1. The highest BCUT2D eigenvalue weighted by molar-refractivity contribution is 9.10. The van der Waals surface area contributed by atoms with Crippen LogP contribution < -0.4 is 11.1 Å². The van der Waals surface area contributed by atoms with Crippen molar-refractivity contribution in [2.75, 3.05) is 5.32 Å². The van der Waals surface area contributed by atoms with Crippen molar-refractivity contribution in [3.8, 4) is 0 Å². The zero-order valence-electron chi connectivity index (χ0n) is 9.76. The first-order chi connectivity index (χ1) is 9.08. The predicted octanol–water partition coefficient (Wildman–Crippen LogP) is 2.73. The van der Waals surface area contributed by atoms with Gasteiger partial charge in [-0.15, -0.1) is 0 Å². The molecule has 2 aromatic rings. The van der Waals surface area contributed by atoms with E-state index in [1.165, 1.54) is 0 Å². The van der Waals surface area contributed by atoms with Crippen molar-refractivity contribution in [2.24, 2.45) is 5.73 Å². The second-order valence-electron chi connectivity index (χ2n) is 3.74. The lowest BCUT2D eigenvalue weighted by molar-refractivity contribution is 0.102. The average Bonchev–Trinajstić information content (AvgIpc) is 2.39. The van der Waals surface area contributed by atoms with Gasteiger partial charge < -0.3 is 11.1 Å². The summed E-state index contributed by atoms with van der Waals surface area (Å²) in [6, 6.07) is 8.60. The minimum absolute atomic E-state index is 0.234. The molecule has 0 fully saturated rings. The fraction of sp³-hybridized carbons (Fsp3) is 0. The Bertz CT molecular complexity index is 631. The number of nitrogens with two attached hydrogens (primary N) is 1. The van der Waals surface area contributed by atoms with Crippen LogP contribution in [0.4, 0.5) is 5.69 Å². The van der Waals surface area contributed by atoms with Crippen LogP contribution in [0.2, 0.25) is 0 Å². The summed E-state index contributed by atoms with van der Waals surface area (Å²) in [6.07, 6.45) is 3.12. The van der Waals surface area contributed by atoms with Crippen LogP contribution >= 0.6 is 28.1 Å². The first-order valence-electron chi connectivity index (χ1n) is 5.38. The molecule has 0 saturated carbocycles. The van der Waals surface area contributed by atoms with Gasteiger partial charge >= 0.3 is 0 Å². The van der Waals surface area contributed by atoms with Gasteiger partial charge in [0.05, 0.1) is 5.69 Å². The molecule has 96 valence electrons. The molecule has 0 aliphatic rings. The van der Waals surface area contributed by atoms with E-state index in [0.29, 0.717) is 16.8 Å². The molecule has 1 aromatic heterocycles. The van der Waals surface area contributed by atoms with Gasteiger partial charge in [0.1, 0.15) is 4.99 Å². The van der Waals surface area contributed by atoms with Crippen LogP contribution in [-0.2, 0) is 0 Å². The Hall–Kier alpha value is -1.79. The molecule has 0 bridgehead atoms. The number of pyridine rings is 1. The number of benzene rings is 1. The molecule has 19 heavy (non-hydrogen) atoms. The minimum atomic E-state index is -0.238. The van der Waals surface area contributed by atoms with Gasteiger partial charge in [-0.05, 0) is 30.3 Å². The minimum Gasteiger partial charge on any atom is -0.389 e. The number of carbonyl (C=O) groups is 1. The standard InChI is InChI=1S/C13H10BrN3OS/c14-9-1-2-10(12(15)19)11(7-9)17-13(18)8-3-5-16-6-4-8/h1-7H,(H2,15,19)(H,17,18). The van der Waals surface area contributed by atoms with E-state index in [0.717, 1.165) is 4.47 Å². The largest absolute Gasteiger partial charge is 0.389 e. The summed E-state index contributed by atoms with van der Waals surface area (Å²) in [5.41, 5.74) is 7.35. The SMILES string of the molecule is NC(=S)c1ccc(Br)cc1NC(=O)c1ccncc1. The third-order valence-electron chi connectivity index (χ3n) is 2.44. The van der Waals surface area contributed by atoms with Gasteiger partial charge in [0.2, 0.25) is 0 Å². The molecule has 0 saturated heterocycles. The lowest BCUT2D eigenvalue weighted by atomic mass is 10.1. The number of amides is 1. The summed E-state index contributed by atoms with van der Waals surface area (Å²) in [7, 11) is 0. The Morgan fingerprint density at radius 2 is 1.95 bits per heavy atom. The molecule has 1 heterocycles. The maximum absolute atomic E-state index is 12.1. The molecule has 2 rings (SSSR count). The number of halogens is 1. The summed E-state index contributed by atoms with van der Waals surface area (Å²) in [5, 5.41) is 2.78. The topological polar surface area (TPSA) is 68.0 Å². The van der Waals surface area contributed by atoms with Gasteiger partial charge in [-0.2, -0.15) is 0 Å². The van der Waals surface area contributed by atoms with Crippen LogP contribution in [0.3, 0.4) is 0 Å². The van der Waals surface area contributed by atoms with Crippen molar-refractivity contribution in [1.82, 2.24) is 4.98 Å². The van der Waals surface area contributed by atoms with Gasteiger partial charge in [-0.3, -0.25) is 9.78 Å². The second-order valence-corrected chi connectivity index (χ2v) is 5.10. The van der Waals surface area contributed by atoms with Gasteiger partial charge in [0.15, 0.2) is 0 Å². The second kappa shape index (κ2) is 5.90. The first-order valence-corrected chi connectivity index (χ1v) is 6.59. The van der Waals surface area contributed by atoms with Crippen LogP contribution in [0.15, 0.2) is 47.2 Å². The van der Waals surface area contributed by atoms with E-state index in [1.807, 2.05) is 6.07 Å². The molecule has 6 heteroatoms. The van der Waals surface area contributed by atoms with Gasteiger partial charge in [0.25, 0.3) is 5.91 Å². The van der Waals surface area contributed by atoms with Crippen LogP contribution in [-0.4, -0.2) is 15.9 Å². The van der Waals surface area contributed by atoms with Crippen LogP contribution in [0, 0.1) is 0 Å². The third-order valence-corrected chi connectivity index (χ3v) is 3.15. The van der Waals surface area contributed by atoms with Gasteiger partial charge in [0, 0.05) is 28.0 Å². The lowest BCUT2D eigenvalue weighted by Gasteiger charge is -2.10. The Morgan fingerprint density at radius 3 is 2.58 bits per heavy atom. The number of hydrogen-bond acceptors (Lipinski definition) is 3. The molecule has 0 spiro atoms. The number of aromatic nitrogens is 1. The molecule has 1 aromatic carbocycles. The zero-order chi connectivity index (χ0) is 13.8. The van der Waals surface area contributed by atoms with Crippen LogP contribution in [0.25, 0.3) is 0 Å². The van der Waals surface area contributed by atoms with Crippen molar-refractivity contribution >= 4 is 44.7 Å². The number of nitrogens with one attached hydrogen (secondary N) is 1. The highest BCUT2D eigenvalue weighted by atomic mass is 79.9. The quantitative estimate of drug-likeness (QED) is 0.846. The molecule has 4 nitrogen and oxygen atoms in total. The third kappa shape index (κ3) is 3.36. The van der Waals surface area contributed by atoms with E-state index >= 15 is 0 Å². The van der Waals surface area contributed by atoms with E-state index in [9.17, 15) is 4.79 Å². The number of rotatable bonds is 3. The summed E-state index contributed by atoms with van der Waals surface area (Å²) in [5.74, 6) is -0.238. The highest BCUT2D eigenvalue weighted by Crippen LogP contribution is 2.22. The lowest BCUT2D eigenvalue weighted by Crippen LogP contribution is -2.17. The number of hydrogen-bond donors (Lipinski definition) is 2. The van der Waals surface area contributed by atoms with E-state index in [2.05, 4.69) is 26.2 Å². The normalized spacial score (nSPS) is 9.95. The summed E-state index contributed by atoms with van der Waals surface area (Å²) >= 11 is 8.31. The summed E-state index contributed by atoms with van der Waals surface area (Å²) < 4.78 is 0.831. The molecule has 0 radical (unpaired) electrons.